The second-order valence-corrected chi connectivity index (χ2v) is 6.84. The lowest BCUT2D eigenvalue weighted by Gasteiger charge is -2.30. The van der Waals surface area contributed by atoms with Gasteiger partial charge in [0, 0.05) is 19.0 Å². The molecular formula is C21H26N2O4. The van der Waals surface area contributed by atoms with Crippen LogP contribution in [0.1, 0.15) is 53.9 Å². The molecule has 1 aromatic carbocycles. The summed E-state index contributed by atoms with van der Waals surface area (Å²) in [4.78, 5) is 25.7. The normalized spacial score (nSPS) is 17.9. The first-order valence-corrected chi connectivity index (χ1v) is 9.32. The number of hydrogen-bond acceptors (Lipinski definition) is 5. The number of esters is 1. The van der Waals surface area contributed by atoms with Crippen LogP contribution in [-0.4, -0.2) is 36.5 Å². The van der Waals surface area contributed by atoms with Crippen molar-refractivity contribution in [3.05, 3.63) is 59.5 Å². The highest BCUT2D eigenvalue weighted by Gasteiger charge is 2.35. The van der Waals surface area contributed by atoms with Crippen LogP contribution in [0.4, 0.5) is 0 Å². The Kier molecular flexibility index (Phi) is 6.29. The minimum atomic E-state index is -0.328. The average molecular weight is 370 g/mol. The average Bonchev–Trinajstić information content (AvgIpc) is 3.35. The van der Waals surface area contributed by atoms with Gasteiger partial charge in [-0.2, -0.15) is 0 Å². The molecule has 0 radical (unpaired) electrons. The van der Waals surface area contributed by atoms with E-state index in [2.05, 4.69) is 5.32 Å². The molecule has 3 rings (SSSR count). The van der Waals surface area contributed by atoms with Gasteiger partial charge in [0.1, 0.15) is 5.76 Å². The van der Waals surface area contributed by atoms with Crippen molar-refractivity contribution >= 4 is 11.9 Å². The molecule has 144 valence electrons. The third-order valence-electron chi connectivity index (χ3n) is 5.10. The van der Waals surface area contributed by atoms with Gasteiger partial charge in [0.05, 0.1) is 25.0 Å². The standard InChI is InChI=1S/C21H26N2O4/c1-15(19-4-3-13-27-19)23-18(9-10-20(23)24)11-12-22-14-16-5-7-17(8-6-16)21(25)26-2/h3-8,13,15,18,22H,9-12,14H2,1-2H3. The van der Waals surface area contributed by atoms with Crippen LogP contribution in [0, 0.1) is 0 Å². The fourth-order valence-electron chi connectivity index (χ4n) is 3.62. The Labute approximate surface area is 159 Å². The molecule has 1 aliphatic rings. The number of carbonyl (C=O) groups is 2. The number of hydrogen-bond donors (Lipinski definition) is 1. The molecule has 0 bridgehead atoms. The summed E-state index contributed by atoms with van der Waals surface area (Å²) >= 11 is 0. The summed E-state index contributed by atoms with van der Waals surface area (Å²) in [6, 6.07) is 11.3. The molecule has 27 heavy (non-hydrogen) atoms. The third kappa shape index (κ3) is 4.57. The molecule has 1 amide bonds. The molecule has 1 aromatic heterocycles. The van der Waals surface area contributed by atoms with E-state index in [0.29, 0.717) is 12.0 Å². The summed E-state index contributed by atoms with van der Waals surface area (Å²) < 4.78 is 10.2. The van der Waals surface area contributed by atoms with Gasteiger partial charge in [0.2, 0.25) is 5.91 Å². The van der Waals surface area contributed by atoms with E-state index < -0.39 is 0 Å². The monoisotopic (exact) mass is 370 g/mol. The lowest BCUT2D eigenvalue weighted by atomic mass is 10.1. The Balaban J connectivity index is 1.48. The molecule has 0 aliphatic carbocycles. The van der Waals surface area contributed by atoms with Gasteiger partial charge in [-0.05, 0) is 56.1 Å². The van der Waals surface area contributed by atoms with Gasteiger partial charge in [-0.15, -0.1) is 0 Å². The number of carbonyl (C=O) groups excluding carboxylic acids is 2. The maximum Gasteiger partial charge on any atom is 0.337 e. The number of ether oxygens (including phenoxy) is 1. The van der Waals surface area contributed by atoms with E-state index in [4.69, 9.17) is 9.15 Å². The highest BCUT2D eigenvalue weighted by molar-refractivity contribution is 5.89. The summed E-state index contributed by atoms with van der Waals surface area (Å²) in [7, 11) is 1.38. The molecule has 6 nitrogen and oxygen atoms in total. The van der Waals surface area contributed by atoms with E-state index in [-0.39, 0.29) is 24.0 Å². The highest BCUT2D eigenvalue weighted by atomic mass is 16.5. The summed E-state index contributed by atoms with van der Waals surface area (Å²) in [5.41, 5.74) is 1.65. The smallest absolute Gasteiger partial charge is 0.337 e. The van der Waals surface area contributed by atoms with Gasteiger partial charge in [0.25, 0.3) is 0 Å². The Morgan fingerprint density at radius 1 is 1.33 bits per heavy atom. The van der Waals surface area contributed by atoms with Crippen LogP contribution in [0.15, 0.2) is 47.1 Å². The van der Waals surface area contributed by atoms with Crippen molar-refractivity contribution in [1.29, 1.82) is 0 Å². The number of likely N-dealkylation sites (tertiary alicyclic amines) is 1. The zero-order valence-electron chi connectivity index (χ0n) is 15.8. The van der Waals surface area contributed by atoms with Gasteiger partial charge in [0.15, 0.2) is 0 Å². The van der Waals surface area contributed by atoms with Crippen LogP contribution in [0.25, 0.3) is 0 Å². The van der Waals surface area contributed by atoms with Crippen molar-refractivity contribution in [2.24, 2.45) is 0 Å². The number of benzene rings is 1. The molecule has 1 saturated heterocycles. The minimum Gasteiger partial charge on any atom is -0.467 e. The molecular weight excluding hydrogens is 344 g/mol. The molecule has 6 heteroatoms. The fourth-order valence-corrected chi connectivity index (χ4v) is 3.62. The van der Waals surface area contributed by atoms with Crippen LogP contribution >= 0.6 is 0 Å². The van der Waals surface area contributed by atoms with Gasteiger partial charge in [-0.1, -0.05) is 12.1 Å². The predicted molar refractivity (Wildman–Crippen MR) is 101 cm³/mol. The van der Waals surface area contributed by atoms with Gasteiger partial charge < -0.3 is 19.4 Å². The zero-order chi connectivity index (χ0) is 19.2. The van der Waals surface area contributed by atoms with E-state index in [1.807, 2.05) is 36.1 Å². The van der Waals surface area contributed by atoms with Crippen molar-refractivity contribution in [2.75, 3.05) is 13.7 Å². The summed E-state index contributed by atoms with van der Waals surface area (Å²) in [6.07, 6.45) is 4.04. The van der Waals surface area contributed by atoms with Crippen LogP contribution in [0.2, 0.25) is 0 Å². The molecule has 2 atom stereocenters. The topological polar surface area (TPSA) is 71.8 Å². The van der Waals surface area contributed by atoms with Gasteiger partial charge in [-0.3, -0.25) is 4.79 Å². The molecule has 2 unspecified atom stereocenters. The number of furan rings is 1. The van der Waals surface area contributed by atoms with E-state index in [9.17, 15) is 9.59 Å². The maximum atomic E-state index is 12.3. The Morgan fingerprint density at radius 2 is 2.11 bits per heavy atom. The maximum absolute atomic E-state index is 12.3. The third-order valence-corrected chi connectivity index (χ3v) is 5.10. The van der Waals surface area contributed by atoms with Crippen LogP contribution in [-0.2, 0) is 16.1 Å². The molecule has 1 aliphatic heterocycles. The molecule has 1 fully saturated rings. The molecule has 2 aromatic rings. The van der Waals surface area contributed by atoms with E-state index in [1.165, 1.54) is 7.11 Å². The Morgan fingerprint density at radius 3 is 2.78 bits per heavy atom. The van der Waals surface area contributed by atoms with Crippen molar-refractivity contribution in [1.82, 2.24) is 10.2 Å². The highest BCUT2D eigenvalue weighted by Crippen LogP contribution is 2.31. The number of amides is 1. The van der Waals surface area contributed by atoms with Crippen molar-refractivity contribution in [3.63, 3.8) is 0 Å². The van der Waals surface area contributed by atoms with Crippen LogP contribution < -0.4 is 5.32 Å². The SMILES string of the molecule is COC(=O)c1ccc(CNCCC2CCC(=O)N2C(C)c2ccco2)cc1. The summed E-state index contributed by atoms with van der Waals surface area (Å²) in [5.74, 6) is 0.697. The summed E-state index contributed by atoms with van der Waals surface area (Å²) in [6.45, 7) is 3.55. The van der Waals surface area contributed by atoms with E-state index in [0.717, 1.165) is 37.3 Å². The fraction of sp³-hybridized carbons (Fsp3) is 0.429. The number of nitrogens with one attached hydrogen (secondary N) is 1. The first-order valence-electron chi connectivity index (χ1n) is 9.32. The Bertz CT molecular complexity index is 755. The first kappa shape index (κ1) is 19.2. The molecule has 0 saturated carbocycles. The largest absolute Gasteiger partial charge is 0.467 e. The van der Waals surface area contributed by atoms with Crippen LogP contribution in [0.5, 0.6) is 0 Å². The predicted octanol–water partition coefficient (Wildman–Crippen LogP) is 3.30. The molecule has 1 N–H and O–H groups in total. The van der Waals surface area contributed by atoms with Gasteiger partial charge in [-0.25, -0.2) is 4.79 Å². The summed E-state index contributed by atoms with van der Waals surface area (Å²) in [5, 5.41) is 3.42. The quantitative estimate of drug-likeness (QED) is 0.570. The van der Waals surface area contributed by atoms with E-state index in [1.54, 1.807) is 18.4 Å². The first-order chi connectivity index (χ1) is 13.1. The number of rotatable bonds is 8. The molecule has 2 heterocycles. The van der Waals surface area contributed by atoms with Gasteiger partial charge >= 0.3 is 5.97 Å². The minimum absolute atomic E-state index is 0.0362. The van der Waals surface area contributed by atoms with E-state index >= 15 is 0 Å². The second-order valence-electron chi connectivity index (χ2n) is 6.84. The van der Waals surface area contributed by atoms with Crippen molar-refractivity contribution in [2.45, 2.75) is 44.8 Å². The lowest BCUT2D eigenvalue weighted by molar-refractivity contribution is -0.131. The van der Waals surface area contributed by atoms with Crippen molar-refractivity contribution < 1.29 is 18.7 Å². The number of nitrogens with zero attached hydrogens (tertiary/aromatic N) is 1. The molecule has 0 spiro atoms. The second kappa shape index (κ2) is 8.86. The van der Waals surface area contributed by atoms with Crippen molar-refractivity contribution in [3.8, 4) is 0 Å². The number of methoxy groups -OCH3 is 1. The Hall–Kier alpha value is -2.60. The lowest BCUT2D eigenvalue weighted by Crippen LogP contribution is -2.37. The van der Waals surface area contributed by atoms with Crippen LogP contribution in [0.3, 0.4) is 0 Å². The zero-order valence-corrected chi connectivity index (χ0v) is 15.8.